The van der Waals surface area contributed by atoms with E-state index in [4.69, 9.17) is 47.4 Å². The zero-order valence-electron chi connectivity index (χ0n) is 79.8. The topological polar surface area (TPSA) is 558 Å². The SMILES string of the molecule is CC(=O)NC1C(Oc2ccccc2-c2cccc(C(C)=O)c2)OC(CO)C(O)C1O.CC(=O)NC1C(Oc2ccccc2-c2cccc(C)c2)OC(CO)C(O)C1O.CC(=O)NC1C(Oc2ccccc2-c2cccc(C)c2)OC(CO)C(O)C1O.CC(=O)NC1C(Oc2ccccc2-c2cccc(C)c2)OC(CO)C(O)C1O.CC(=O)NC1C(Oc2ccccc2-c2cccc(C)c2)OC(CO)C(O)C1O. The van der Waals surface area contributed by atoms with Gasteiger partial charge in [-0.25, -0.2) is 0 Å². The molecule has 0 aromatic heterocycles. The van der Waals surface area contributed by atoms with Crippen LogP contribution in [0.1, 0.15) is 74.2 Å². The number of benzene rings is 10. The molecule has 25 unspecified atom stereocenters. The quantitative estimate of drug-likeness (QED) is 0.0323. The van der Waals surface area contributed by atoms with Crippen molar-refractivity contribution in [3.63, 3.8) is 0 Å². The van der Waals surface area contributed by atoms with Gasteiger partial charge in [0.15, 0.2) is 5.78 Å². The van der Waals surface area contributed by atoms with E-state index in [1.54, 1.807) is 84.9 Å². The van der Waals surface area contributed by atoms with Gasteiger partial charge in [-0.05, 0) is 98.8 Å². The first-order chi connectivity index (χ1) is 67.9. The van der Waals surface area contributed by atoms with E-state index in [9.17, 15) is 105 Å². The molecule has 20 N–H and O–H groups in total. The molecule has 760 valence electrons. The molecule has 5 fully saturated rings. The summed E-state index contributed by atoms with van der Waals surface area (Å²) in [7, 11) is 0. The molecule has 142 heavy (non-hydrogen) atoms. The van der Waals surface area contributed by atoms with Crippen molar-refractivity contribution in [2.75, 3.05) is 33.0 Å². The second-order valence-electron chi connectivity index (χ2n) is 34.8. The molecule has 0 bridgehead atoms. The van der Waals surface area contributed by atoms with Gasteiger partial charge in [0.2, 0.25) is 61.0 Å². The molecule has 10 aromatic rings. The zero-order valence-corrected chi connectivity index (χ0v) is 79.8. The summed E-state index contributed by atoms with van der Waals surface area (Å²) in [6.07, 6.45) is -24.4. The second-order valence-corrected chi connectivity index (χ2v) is 34.8. The molecule has 0 saturated carbocycles. The number of nitrogens with one attached hydrogen (secondary N) is 5. The Balaban J connectivity index is 0.000000170. The summed E-state index contributed by atoms with van der Waals surface area (Å²) >= 11 is 0. The average molecular weight is 1970 g/mol. The predicted molar refractivity (Wildman–Crippen MR) is 518 cm³/mol. The lowest BCUT2D eigenvalue weighted by Gasteiger charge is -2.42. The van der Waals surface area contributed by atoms with Crippen LogP contribution >= 0.6 is 0 Å². The van der Waals surface area contributed by atoms with Crippen molar-refractivity contribution in [2.24, 2.45) is 0 Å². The molecular weight excluding hydrogens is 1840 g/mol. The number of ketones is 1. The van der Waals surface area contributed by atoms with Crippen LogP contribution in [-0.2, 0) is 47.7 Å². The molecule has 36 heteroatoms. The minimum atomic E-state index is -1.40. The zero-order chi connectivity index (χ0) is 103. The number of para-hydroxylation sites is 5. The molecule has 25 atom stereocenters. The number of carbonyl (C=O) groups is 6. The third kappa shape index (κ3) is 28.7. The fraction of sp³-hybridized carbons (Fsp3) is 0.377. The van der Waals surface area contributed by atoms with E-state index >= 15 is 0 Å². The molecule has 5 aliphatic rings. The third-order valence-corrected chi connectivity index (χ3v) is 23.8. The number of Topliss-reactive ketones (excluding diaryl/α,β-unsaturated/α-hetero) is 1. The summed E-state index contributed by atoms with van der Waals surface area (Å²) in [6.45, 7) is 13.4. The second kappa shape index (κ2) is 51.9. The van der Waals surface area contributed by atoms with Gasteiger partial charge < -0.3 is 151 Å². The van der Waals surface area contributed by atoms with E-state index in [-0.39, 0.29) is 5.78 Å². The van der Waals surface area contributed by atoms with Crippen LogP contribution in [-0.4, -0.2) is 298 Å². The predicted octanol–water partition coefficient (Wildman–Crippen LogP) is 4.82. The van der Waals surface area contributed by atoms with Crippen molar-refractivity contribution in [2.45, 2.75) is 222 Å². The Labute approximate surface area is 820 Å². The van der Waals surface area contributed by atoms with Crippen LogP contribution in [0.4, 0.5) is 0 Å². The summed E-state index contributed by atoms with van der Waals surface area (Å²) in [5.41, 5.74) is 13.4. The van der Waals surface area contributed by atoms with Crippen LogP contribution in [0.5, 0.6) is 28.7 Å². The summed E-state index contributed by atoms with van der Waals surface area (Å²) < 4.78 is 58.4. The van der Waals surface area contributed by atoms with Crippen LogP contribution in [0.25, 0.3) is 55.6 Å². The minimum Gasteiger partial charge on any atom is -0.462 e. The van der Waals surface area contributed by atoms with Gasteiger partial charge in [-0.2, -0.15) is 0 Å². The van der Waals surface area contributed by atoms with Gasteiger partial charge in [0.1, 0.15) is 151 Å². The number of amides is 5. The maximum Gasteiger partial charge on any atom is 0.223 e. The van der Waals surface area contributed by atoms with Crippen LogP contribution in [0, 0.1) is 27.7 Å². The molecule has 0 spiro atoms. The van der Waals surface area contributed by atoms with Gasteiger partial charge >= 0.3 is 0 Å². The summed E-state index contributed by atoms with van der Waals surface area (Å²) in [6, 6.07) is 70.1. The van der Waals surface area contributed by atoms with E-state index in [2.05, 4.69) is 26.6 Å². The number of hydrogen-bond acceptors (Lipinski definition) is 31. The first kappa shape index (κ1) is 110. The first-order valence-corrected chi connectivity index (χ1v) is 46.1. The summed E-state index contributed by atoms with van der Waals surface area (Å²) in [4.78, 5) is 69.7. The number of rotatable bonds is 26. The standard InChI is InChI=1S/C22H25NO7.4C21H25NO6/c1-12(25)14-6-5-7-15(10-14)16-8-3-4-9-17(16)29-22-19(23-13(2)26)21(28)20(27)18(11-24)30-22;4*1-12-6-5-7-14(10-12)15-8-3-4-9-16(15)27-21-18(22-13(2)24)20(26)19(25)17(11-23)28-21/h3-10,18-22,24,27-28H,11H2,1-2H3,(H,23,26);4*3-10,17-21,23,25-26H,11H2,1-2H3,(H,22,24). The van der Waals surface area contributed by atoms with Crippen molar-refractivity contribution in [1.82, 2.24) is 26.6 Å². The molecule has 5 amide bonds. The molecular formula is C106H125N5O31. The largest absolute Gasteiger partial charge is 0.462 e. The van der Waals surface area contributed by atoms with Crippen molar-refractivity contribution in [3.8, 4) is 84.4 Å². The van der Waals surface area contributed by atoms with Gasteiger partial charge in [-0.3, -0.25) is 28.8 Å². The number of aryl methyl sites for hydroxylation is 4. The third-order valence-electron chi connectivity index (χ3n) is 23.8. The monoisotopic (exact) mass is 1960 g/mol. The van der Waals surface area contributed by atoms with Crippen LogP contribution in [0.2, 0.25) is 0 Å². The summed E-state index contributed by atoms with van der Waals surface area (Å²) in [5, 5.41) is 163. The Morgan fingerprint density at radius 3 is 0.585 bits per heavy atom. The van der Waals surface area contributed by atoms with Crippen molar-refractivity contribution < 1.29 is 153 Å². The van der Waals surface area contributed by atoms with E-state index in [0.29, 0.717) is 39.9 Å². The Kier molecular flexibility index (Phi) is 40.1. The number of carbonyl (C=O) groups excluding carboxylic acids is 6. The molecule has 5 heterocycles. The first-order valence-electron chi connectivity index (χ1n) is 46.1. The fourth-order valence-electron chi connectivity index (χ4n) is 16.7. The maximum absolute atomic E-state index is 11.7. The van der Waals surface area contributed by atoms with Crippen LogP contribution in [0.3, 0.4) is 0 Å². The van der Waals surface area contributed by atoms with Gasteiger partial charge in [0, 0.05) is 68.0 Å². The molecule has 10 aromatic carbocycles. The lowest BCUT2D eigenvalue weighted by Crippen LogP contribution is -2.65. The number of aliphatic hydroxyl groups is 15. The Morgan fingerprint density at radius 2 is 0.415 bits per heavy atom. The van der Waals surface area contributed by atoms with Gasteiger partial charge in [0.25, 0.3) is 0 Å². The lowest BCUT2D eigenvalue weighted by atomic mass is 9.96. The smallest absolute Gasteiger partial charge is 0.223 e. The Bertz CT molecular complexity index is 5290. The molecule has 5 aliphatic heterocycles. The van der Waals surface area contributed by atoms with E-state index < -0.39 is 216 Å². The normalized spacial score (nSPS) is 27.0. The molecule has 5 saturated heterocycles. The highest BCUT2D eigenvalue weighted by Crippen LogP contribution is 2.41. The lowest BCUT2D eigenvalue weighted by molar-refractivity contribution is -0.244. The highest BCUT2D eigenvalue weighted by molar-refractivity contribution is 5.95. The van der Waals surface area contributed by atoms with Crippen LogP contribution < -0.4 is 50.3 Å². The maximum atomic E-state index is 11.7. The van der Waals surface area contributed by atoms with E-state index in [1.807, 2.05) is 185 Å². The number of hydrogen-bond donors (Lipinski definition) is 20. The highest BCUT2D eigenvalue weighted by atomic mass is 16.7. The van der Waals surface area contributed by atoms with Gasteiger partial charge in [-0.1, -0.05) is 229 Å². The number of aliphatic hydroxyl groups excluding tert-OH is 15. The van der Waals surface area contributed by atoms with E-state index in [0.717, 1.165) is 72.3 Å². The highest BCUT2D eigenvalue weighted by Gasteiger charge is 2.52. The molecule has 36 nitrogen and oxygen atoms in total. The fourth-order valence-corrected chi connectivity index (χ4v) is 16.7. The Hall–Kier alpha value is -12.6. The molecule has 0 aliphatic carbocycles. The molecule has 15 rings (SSSR count). The molecule has 0 radical (unpaired) electrons. The summed E-state index contributed by atoms with van der Waals surface area (Å²) in [5.74, 6) is 0.257. The van der Waals surface area contributed by atoms with Gasteiger partial charge in [-0.15, -0.1) is 0 Å². The van der Waals surface area contributed by atoms with E-state index in [1.165, 1.54) is 41.5 Å². The number of ether oxygens (including phenoxy) is 10. The Morgan fingerprint density at radius 1 is 0.239 bits per heavy atom. The minimum absolute atomic E-state index is 0.0699. The van der Waals surface area contributed by atoms with Crippen molar-refractivity contribution in [3.05, 3.63) is 270 Å². The van der Waals surface area contributed by atoms with Gasteiger partial charge in [0.05, 0.1) is 33.0 Å². The van der Waals surface area contributed by atoms with Crippen molar-refractivity contribution >= 4 is 35.3 Å². The average Bonchev–Trinajstić information content (AvgIpc) is 0.803. The van der Waals surface area contributed by atoms with Crippen molar-refractivity contribution in [1.29, 1.82) is 0 Å². The van der Waals surface area contributed by atoms with Crippen LogP contribution in [0.15, 0.2) is 243 Å².